The van der Waals surface area contributed by atoms with E-state index in [1.54, 1.807) is 12.1 Å². The van der Waals surface area contributed by atoms with Crippen molar-refractivity contribution in [3.05, 3.63) is 82.4 Å². The zero-order valence-corrected chi connectivity index (χ0v) is 30.6. The van der Waals surface area contributed by atoms with Crippen LogP contribution in [0, 0.1) is 0 Å². The lowest BCUT2D eigenvalue weighted by atomic mass is 9.78. The van der Waals surface area contributed by atoms with Gasteiger partial charge in [0.15, 0.2) is 5.60 Å². The third-order valence-electron chi connectivity index (χ3n) is 10.8. The van der Waals surface area contributed by atoms with Crippen molar-refractivity contribution in [2.45, 2.75) is 57.2 Å². The number of ether oxygens (including phenoxy) is 3. The fourth-order valence-electron chi connectivity index (χ4n) is 7.66. The zero-order valence-electron chi connectivity index (χ0n) is 28.8. The molecule has 7 rings (SSSR count). The number of unbranched alkanes of at least 4 members (excludes halogenated alkanes) is 3. The molecule has 1 N–H and O–H groups in total. The van der Waals surface area contributed by atoms with Crippen LogP contribution < -0.4 is 25.5 Å². The van der Waals surface area contributed by atoms with Gasteiger partial charge in [0.05, 0.1) is 25.4 Å². The molecule has 8 nitrogen and oxygen atoms in total. The number of nitrogens with zero attached hydrogens (tertiary/aromatic N) is 2. The Morgan fingerprint density at radius 3 is 2.00 bits per heavy atom. The predicted molar refractivity (Wildman–Crippen MR) is 198 cm³/mol. The fraction of sp³-hybridized carbons (Fsp3) is 0.487. The van der Waals surface area contributed by atoms with Crippen molar-refractivity contribution in [2.24, 2.45) is 0 Å². The summed E-state index contributed by atoms with van der Waals surface area (Å²) in [7, 11) is -2.23. The van der Waals surface area contributed by atoms with E-state index in [1.807, 2.05) is 6.07 Å². The molecule has 3 aromatic carbocycles. The normalized spacial score (nSPS) is 17.9. The van der Waals surface area contributed by atoms with Crippen LogP contribution in [0.1, 0.15) is 75.9 Å². The second-order valence-corrected chi connectivity index (χ2v) is 18.9. The average molecular weight is 702 g/mol. The van der Waals surface area contributed by atoms with Crippen molar-refractivity contribution in [1.82, 2.24) is 5.32 Å². The summed E-state index contributed by atoms with van der Waals surface area (Å²) in [6.07, 6.45) is 6.75. The van der Waals surface area contributed by atoms with Crippen molar-refractivity contribution < 1.29 is 23.8 Å². The minimum Gasteiger partial charge on any atom is -0.441 e. The molecule has 10 heteroatoms. The summed E-state index contributed by atoms with van der Waals surface area (Å²) in [5.74, 6) is 0.153. The van der Waals surface area contributed by atoms with Crippen LogP contribution in [0.25, 0.3) is 0 Å². The molecule has 2 fully saturated rings. The number of nitrogens with one attached hydrogen (secondary N) is 1. The largest absolute Gasteiger partial charge is 0.441 e. The molecule has 3 aromatic rings. The SMILES string of the molecule is C[Si]1(C)c2cc(N3CCC3)ccc2C2(OC(=O)c3ccc(C(=O)NCCOCCOCCCCCCCl)cc32)c2ccc(N3CCC3)cc21. The van der Waals surface area contributed by atoms with E-state index in [9.17, 15) is 9.59 Å². The summed E-state index contributed by atoms with van der Waals surface area (Å²) in [5, 5.41) is 5.57. The number of amides is 1. The Balaban J connectivity index is 1.12. The number of esters is 1. The Morgan fingerprint density at radius 2 is 1.41 bits per heavy atom. The number of halogens is 1. The minimum absolute atomic E-state index is 0.207. The molecule has 0 unspecified atom stereocenters. The van der Waals surface area contributed by atoms with Gasteiger partial charge in [-0.15, -0.1) is 11.6 Å². The highest BCUT2D eigenvalue weighted by Crippen LogP contribution is 2.50. The van der Waals surface area contributed by atoms with Gasteiger partial charge in [0, 0.05) is 78.8 Å². The monoisotopic (exact) mass is 701 g/mol. The Bertz CT molecular complexity index is 1640. The summed E-state index contributed by atoms with van der Waals surface area (Å²) in [5.41, 5.74) is 5.12. The van der Waals surface area contributed by atoms with Gasteiger partial charge in [-0.3, -0.25) is 4.79 Å². The Hall–Kier alpha value is -3.37. The average Bonchev–Trinajstić information content (AvgIpc) is 3.34. The summed E-state index contributed by atoms with van der Waals surface area (Å²) < 4.78 is 17.9. The molecule has 260 valence electrons. The second kappa shape index (κ2) is 14.5. The van der Waals surface area contributed by atoms with Crippen molar-refractivity contribution in [1.29, 1.82) is 0 Å². The number of carbonyl (C=O) groups is 2. The maximum atomic E-state index is 13.7. The predicted octanol–water partition coefficient (Wildman–Crippen LogP) is 5.27. The highest BCUT2D eigenvalue weighted by Gasteiger charge is 2.56. The first-order valence-electron chi connectivity index (χ1n) is 18.0. The van der Waals surface area contributed by atoms with Crippen LogP contribution >= 0.6 is 11.6 Å². The van der Waals surface area contributed by atoms with Gasteiger partial charge in [-0.25, -0.2) is 4.79 Å². The smallest absolute Gasteiger partial charge is 0.340 e. The van der Waals surface area contributed by atoms with Gasteiger partial charge in [-0.1, -0.05) is 38.1 Å². The summed E-state index contributed by atoms with van der Waals surface area (Å²) >= 11 is 5.72. The van der Waals surface area contributed by atoms with Crippen molar-refractivity contribution >= 4 is 53.3 Å². The van der Waals surface area contributed by atoms with Crippen molar-refractivity contribution in [3.63, 3.8) is 0 Å². The highest BCUT2D eigenvalue weighted by atomic mass is 35.5. The van der Waals surface area contributed by atoms with Crippen LogP contribution in [-0.4, -0.2) is 85.0 Å². The molecule has 1 spiro atoms. The number of fused-ring (bicyclic) bond motifs is 6. The lowest BCUT2D eigenvalue weighted by molar-refractivity contribution is 0.0255. The number of benzene rings is 3. The lowest BCUT2D eigenvalue weighted by Gasteiger charge is -2.45. The molecule has 4 aliphatic rings. The molecule has 0 atom stereocenters. The van der Waals surface area contributed by atoms with Crippen molar-refractivity contribution in [3.8, 4) is 0 Å². The lowest BCUT2D eigenvalue weighted by Crippen LogP contribution is -2.63. The number of rotatable bonds is 15. The van der Waals surface area contributed by atoms with E-state index < -0.39 is 13.7 Å². The quantitative estimate of drug-likeness (QED) is 0.100. The van der Waals surface area contributed by atoms with Crippen LogP contribution in [0.3, 0.4) is 0 Å². The summed E-state index contributed by atoms with van der Waals surface area (Å²) in [6.45, 7) is 11.6. The van der Waals surface area contributed by atoms with Gasteiger partial charge in [0.2, 0.25) is 0 Å². The maximum Gasteiger partial charge on any atom is 0.340 e. The molecule has 4 heterocycles. The molecule has 4 aliphatic heterocycles. The van der Waals surface area contributed by atoms with E-state index >= 15 is 0 Å². The second-order valence-electron chi connectivity index (χ2n) is 14.2. The van der Waals surface area contributed by atoms with Crippen LogP contribution in [0.4, 0.5) is 11.4 Å². The summed E-state index contributed by atoms with van der Waals surface area (Å²) in [4.78, 5) is 32.0. The number of alkyl halides is 1. The minimum atomic E-state index is -2.23. The van der Waals surface area contributed by atoms with Crippen molar-refractivity contribution in [2.75, 3.05) is 74.8 Å². The fourth-order valence-corrected chi connectivity index (χ4v) is 11.0. The first-order valence-corrected chi connectivity index (χ1v) is 21.6. The number of hydrogen-bond donors (Lipinski definition) is 1. The zero-order chi connectivity index (χ0) is 34.0. The number of carbonyl (C=O) groups excluding carboxylic acids is 2. The van der Waals surface area contributed by atoms with Gasteiger partial charge in [0.25, 0.3) is 5.91 Å². The number of anilines is 2. The standard InChI is InChI=1S/C39H48ClN3O5Si/c1-49(2)35-26-29(42-17-7-18-42)10-13-32(35)39(33-14-11-30(27-36(33)49)43-19-8-20-43)34-25-28(9-12-31(34)38(45)48-39)37(44)41-16-22-47-24-23-46-21-6-4-3-5-15-40/h9-14,25-27H,3-8,15-24H2,1-2H3,(H,41,44). The van der Waals surface area contributed by atoms with Gasteiger partial charge in [0.1, 0.15) is 8.07 Å². The molecule has 0 aromatic heterocycles. The first-order chi connectivity index (χ1) is 23.8. The molecular weight excluding hydrogens is 654 g/mol. The van der Waals surface area contributed by atoms with E-state index in [2.05, 4.69) is 64.6 Å². The van der Waals surface area contributed by atoms with Crippen LogP contribution in [-0.2, 0) is 19.8 Å². The third-order valence-corrected chi connectivity index (χ3v) is 14.5. The van der Waals surface area contributed by atoms with Gasteiger partial charge in [-0.2, -0.15) is 0 Å². The van der Waals surface area contributed by atoms with Gasteiger partial charge >= 0.3 is 5.97 Å². The topological polar surface area (TPSA) is 80.3 Å². The molecule has 0 radical (unpaired) electrons. The molecule has 49 heavy (non-hydrogen) atoms. The first kappa shape index (κ1) is 34.1. The van der Waals surface area contributed by atoms with Gasteiger partial charge in [-0.05, 0) is 78.5 Å². The Kier molecular flexibility index (Phi) is 10.1. The molecule has 0 bridgehead atoms. The molecular formula is C39H48ClN3O5Si. The Labute approximate surface area is 296 Å². The van der Waals surface area contributed by atoms with E-state index in [4.69, 9.17) is 25.8 Å². The van der Waals surface area contributed by atoms with E-state index in [-0.39, 0.29) is 11.9 Å². The van der Waals surface area contributed by atoms with E-state index in [0.717, 1.165) is 81.0 Å². The van der Waals surface area contributed by atoms with Crippen LogP contribution in [0.2, 0.25) is 13.1 Å². The number of hydrogen-bond acceptors (Lipinski definition) is 7. The van der Waals surface area contributed by atoms with Gasteiger partial charge < -0.3 is 29.3 Å². The molecule has 0 saturated carbocycles. The van der Waals surface area contributed by atoms with Crippen LogP contribution in [0.15, 0.2) is 54.6 Å². The molecule has 2 saturated heterocycles. The van der Waals surface area contributed by atoms with E-state index in [0.29, 0.717) is 37.5 Å². The Morgan fingerprint density at radius 1 is 0.796 bits per heavy atom. The van der Waals surface area contributed by atoms with E-state index in [1.165, 1.54) is 34.6 Å². The molecule has 1 amide bonds. The highest BCUT2D eigenvalue weighted by molar-refractivity contribution is 7.01. The third kappa shape index (κ3) is 6.39. The molecule has 0 aliphatic carbocycles. The van der Waals surface area contributed by atoms with Crippen LogP contribution in [0.5, 0.6) is 0 Å². The maximum absolute atomic E-state index is 13.7. The summed E-state index contributed by atoms with van der Waals surface area (Å²) in [6, 6.07) is 18.8.